The van der Waals surface area contributed by atoms with Crippen molar-refractivity contribution >= 4 is 12.0 Å². The first-order chi connectivity index (χ1) is 15.4. The highest BCUT2D eigenvalue weighted by Crippen LogP contribution is 2.26. The summed E-state index contributed by atoms with van der Waals surface area (Å²) >= 11 is 0. The average Bonchev–Trinajstić information content (AvgIpc) is 2.80. The molecule has 32 heavy (non-hydrogen) atoms. The molecule has 0 aliphatic carbocycles. The highest BCUT2D eigenvalue weighted by Gasteiger charge is 2.28. The Hall–Kier alpha value is -3.00. The van der Waals surface area contributed by atoms with Gasteiger partial charge in [0.2, 0.25) is 0 Å². The number of piperidine rings is 1. The van der Waals surface area contributed by atoms with Gasteiger partial charge in [-0.05, 0) is 49.2 Å². The smallest absolute Gasteiger partial charge is 0.422 e. The van der Waals surface area contributed by atoms with Gasteiger partial charge in [-0.1, -0.05) is 42.8 Å². The van der Waals surface area contributed by atoms with Crippen LogP contribution in [0, 0.1) is 0 Å². The fraction of sp³-hybridized carbons (Fsp3) is 0.375. The summed E-state index contributed by atoms with van der Waals surface area (Å²) in [4.78, 5) is 12.8. The number of alkyl halides is 3. The van der Waals surface area contributed by atoms with Gasteiger partial charge in [-0.25, -0.2) is 0 Å². The maximum atomic E-state index is 12.8. The first-order valence-electron chi connectivity index (χ1n) is 10.6. The second kappa shape index (κ2) is 11.6. The molecular formula is C24H27F3N2O3. The lowest BCUT2D eigenvalue weighted by Gasteiger charge is -2.23. The van der Waals surface area contributed by atoms with Crippen molar-refractivity contribution in [1.29, 1.82) is 0 Å². The van der Waals surface area contributed by atoms with Crippen molar-refractivity contribution in [3.63, 3.8) is 0 Å². The zero-order valence-electron chi connectivity index (χ0n) is 17.7. The van der Waals surface area contributed by atoms with Gasteiger partial charge < -0.3 is 20.1 Å². The van der Waals surface area contributed by atoms with Gasteiger partial charge in [-0.2, -0.15) is 13.2 Å². The molecule has 0 radical (unpaired) electrons. The molecular weight excluding hydrogens is 421 g/mol. The summed E-state index contributed by atoms with van der Waals surface area (Å²) in [6.07, 6.45) is 2.38. The van der Waals surface area contributed by atoms with Gasteiger partial charge >= 0.3 is 6.18 Å². The van der Waals surface area contributed by atoms with Crippen molar-refractivity contribution in [2.45, 2.75) is 31.5 Å². The molecule has 1 amide bonds. The first-order valence-corrected chi connectivity index (χ1v) is 10.6. The normalized spacial score (nSPS) is 16.7. The Morgan fingerprint density at radius 1 is 1.12 bits per heavy atom. The summed E-state index contributed by atoms with van der Waals surface area (Å²) in [5.41, 5.74) is 1.14. The van der Waals surface area contributed by atoms with E-state index in [2.05, 4.69) is 10.6 Å². The monoisotopic (exact) mass is 448 g/mol. The lowest BCUT2D eigenvalue weighted by atomic mass is 10.0. The minimum atomic E-state index is -4.47. The van der Waals surface area contributed by atoms with Crippen LogP contribution < -0.4 is 20.1 Å². The van der Waals surface area contributed by atoms with Crippen LogP contribution in [-0.2, 0) is 0 Å². The Morgan fingerprint density at radius 2 is 1.94 bits per heavy atom. The van der Waals surface area contributed by atoms with Gasteiger partial charge in [-0.15, -0.1) is 0 Å². The van der Waals surface area contributed by atoms with Gasteiger partial charge in [-0.3, -0.25) is 4.79 Å². The molecule has 0 spiro atoms. The molecule has 1 atom stereocenters. The first kappa shape index (κ1) is 23.7. The highest BCUT2D eigenvalue weighted by molar-refractivity contribution is 5.97. The molecule has 8 heteroatoms. The average molecular weight is 448 g/mol. The van der Waals surface area contributed by atoms with Crippen LogP contribution in [0.1, 0.15) is 35.2 Å². The summed E-state index contributed by atoms with van der Waals surface area (Å²) in [7, 11) is 0. The standard InChI is InChI=1S/C24H27F3N2O3/c25-24(26,27)17-32-20-11-12-22(31-14-6-9-18-7-2-1-3-8-18)21(15-20)23(30)29-16-19-10-4-5-13-28-19/h1-3,6-9,11-12,15,19,28H,4-5,10,13-14,16-17H2,(H,29,30). The van der Waals surface area contributed by atoms with E-state index in [-0.39, 0.29) is 29.7 Å². The van der Waals surface area contributed by atoms with Crippen molar-refractivity contribution in [2.24, 2.45) is 0 Å². The molecule has 1 aliphatic heterocycles. The fourth-order valence-corrected chi connectivity index (χ4v) is 3.36. The molecule has 1 fully saturated rings. The summed E-state index contributed by atoms with van der Waals surface area (Å²) < 4.78 is 48.1. The Balaban J connectivity index is 1.67. The summed E-state index contributed by atoms with van der Waals surface area (Å²) in [6, 6.07) is 13.9. The Labute approximate surface area is 185 Å². The molecule has 2 aromatic rings. The number of ether oxygens (including phenoxy) is 2. The molecule has 2 N–H and O–H groups in total. The predicted molar refractivity (Wildman–Crippen MR) is 117 cm³/mol. The van der Waals surface area contributed by atoms with E-state index < -0.39 is 18.7 Å². The van der Waals surface area contributed by atoms with Crippen molar-refractivity contribution in [1.82, 2.24) is 10.6 Å². The number of hydrogen-bond acceptors (Lipinski definition) is 4. The van der Waals surface area contributed by atoms with Crippen LogP contribution in [0.15, 0.2) is 54.6 Å². The van der Waals surface area contributed by atoms with Gasteiger partial charge in [0.1, 0.15) is 18.1 Å². The quantitative estimate of drug-likeness (QED) is 0.589. The molecule has 1 unspecified atom stereocenters. The second-order valence-electron chi connectivity index (χ2n) is 7.54. The molecule has 1 heterocycles. The SMILES string of the molecule is O=C(NCC1CCCCN1)c1cc(OCC(F)(F)F)ccc1OCC=Cc1ccccc1. The molecule has 0 saturated carbocycles. The van der Waals surface area contributed by atoms with Crippen LogP contribution in [0.3, 0.4) is 0 Å². The summed E-state index contributed by atoms with van der Waals surface area (Å²) in [6.45, 7) is 0.103. The van der Waals surface area contributed by atoms with E-state index >= 15 is 0 Å². The predicted octanol–water partition coefficient (Wildman–Crippen LogP) is 4.59. The minimum absolute atomic E-state index is 0.0459. The summed E-state index contributed by atoms with van der Waals surface area (Å²) in [5.74, 6) is -0.191. The van der Waals surface area contributed by atoms with Crippen LogP contribution >= 0.6 is 0 Å². The third-order valence-electron chi connectivity index (χ3n) is 4.96. The molecule has 172 valence electrons. The molecule has 3 rings (SSSR count). The lowest BCUT2D eigenvalue weighted by Crippen LogP contribution is -2.43. The van der Waals surface area contributed by atoms with Crippen LogP contribution in [0.5, 0.6) is 11.5 Å². The molecule has 2 aromatic carbocycles. The molecule has 1 aliphatic rings. The van der Waals surface area contributed by atoms with Crippen LogP contribution in [0.2, 0.25) is 0 Å². The van der Waals surface area contributed by atoms with Gasteiger partial charge in [0, 0.05) is 12.6 Å². The Bertz CT molecular complexity index is 895. The van der Waals surface area contributed by atoms with Crippen molar-refractivity contribution < 1.29 is 27.4 Å². The highest BCUT2D eigenvalue weighted by atomic mass is 19.4. The van der Waals surface area contributed by atoms with E-state index in [9.17, 15) is 18.0 Å². The van der Waals surface area contributed by atoms with Crippen molar-refractivity contribution in [2.75, 3.05) is 26.3 Å². The number of hydrogen-bond donors (Lipinski definition) is 2. The maximum Gasteiger partial charge on any atom is 0.422 e. The number of nitrogens with one attached hydrogen (secondary N) is 2. The number of amides is 1. The van der Waals surface area contributed by atoms with Crippen LogP contribution in [-0.4, -0.2) is 44.4 Å². The number of rotatable bonds is 9. The van der Waals surface area contributed by atoms with Gasteiger partial charge in [0.05, 0.1) is 5.56 Å². The molecule has 0 bridgehead atoms. The Morgan fingerprint density at radius 3 is 2.66 bits per heavy atom. The largest absolute Gasteiger partial charge is 0.489 e. The summed E-state index contributed by atoms with van der Waals surface area (Å²) in [5, 5.41) is 6.19. The fourth-order valence-electron chi connectivity index (χ4n) is 3.36. The van der Waals surface area contributed by atoms with Crippen molar-refractivity contribution in [3.8, 4) is 11.5 Å². The van der Waals surface area contributed by atoms with Crippen LogP contribution in [0.25, 0.3) is 6.08 Å². The number of carbonyl (C=O) groups is 1. The van der Waals surface area contributed by atoms with Crippen LogP contribution in [0.4, 0.5) is 13.2 Å². The number of halogens is 3. The Kier molecular flexibility index (Phi) is 8.56. The maximum absolute atomic E-state index is 12.8. The second-order valence-corrected chi connectivity index (χ2v) is 7.54. The number of benzene rings is 2. The zero-order valence-corrected chi connectivity index (χ0v) is 17.7. The van der Waals surface area contributed by atoms with E-state index in [4.69, 9.17) is 9.47 Å². The molecule has 0 aromatic heterocycles. The lowest BCUT2D eigenvalue weighted by molar-refractivity contribution is -0.153. The molecule has 5 nitrogen and oxygen atoms in total. The topological polar surface area (TPSA) is 59.6 Å². The zero-order chi connectivity index (χ0) is 22.8. The van der Waals surface area contributed by atoms with E-state index in [1.807, 2.05) is 36.4 Å². The minimum Gasteiger partial charge on any atom is -0.489 e. The van der Waals surface area contributed by atoms with E-state index in [1.54, 1.807) is 6.08 Å². The van der Waals surface area contributed by atoms with E-state index in [1.165, 1.54) is 18.2 Å². The van der Waals surface area contributed by atoms with Gasteiger partial charge in [0.15, 0.2) is 6.61 Å². The van der Waals surface area contributed by atoms with Crippen molar-refractivity contribution in [3.05, 3.63) is 65.7 Å². The van der Waals surface area contributed by atoms with E-state index in [0.29, 0.717) is 6.54 Å². The third-order valence-corrected chi connectivity index (χ3v) is 4.96. The number of carbonyl (C=O) groups excluding carboxylic acids is 1. The molecule has 1 saturated heterocycles. The third kappa shape index (κ3) is 7.92. The van der Waals surface area contributed by atoms with E-state index in [0.717, 1.165) is 31.4 Å². The van der Waals surface area contributed by atoms with Gasteiger partial charge in [0.25, 0.3) is 5.91 Å².